The summed E-state index contributed by atoms with van der Waals surface area (Å²) in [4.78, 5) is 57.7. The summed E-state index contributed by atoms with van der Waals surface area (Å²) < 4.78 is 12.1. The van der Waals surface area contributed by atoms with E-state index >= 15 is 0 Å². The van der Waals surface area contributed by atoms with Crippen molar-refractivity contribution >= 4 is 23.8 Å². The minimum Gasteiger partial charge on any atom is -0.448 e. The van der Waals surface area contributed by atoms with Crippen LogP contribution in [0.5, 0.6) is 0 Å². The molecule has 10 nitrogen and oxygen atoms in total. The van der Waals surface area contributed by atoms with Crippen LogP contribution in [0.2, 0.25) is 0 Å². The Hall–Kier alpha value is -5.48. The first-order chi connectivity index (χ1) is 25.3. The van der Waals surface area contributed by atoms with Gasteiger partial charge in [0, 0.05) is 44.6 Å². The van der Waals surface area contributed by atoms with Crippen LogP contribution in [0.1, 0.15) is 35.1 Å². The fraction of sp³-hybridized carbons (Fsp3) is 0.333. The molecular formula is C42H44N4O6. The van der Waals surface area contributed by atoms with Crippen LogP contribution < -0.4 is 10.6 Å². The molecule has 2 heterocycles. The lowest BCUT2D eigenvalue weighted by Gasteiger charge is -2.50. The van der Waals surface area contributed by atoms with Crippen LogP contribution in [-0.4, -0.2) is 85.6 Å². The first kappa shape index (κ1) is 34.9. The SMILES string of the molecule is CNC(=O)[C@@H](NC(=O)[C@@H]1CN(C(=O)OCC2c3ccccc3-c3ccccc32)CC12CN(C(=O)Cc1ccccc1)C2)[C@@H](C)OCc1ccccc1. The highest BCUT2D eigenvalue weighted by atomic mass is 16.6. The van der Waals surface area contributed by atoms with Crippen LogP contribution in [0, 0.1) is 11.3 Å². The predicted molar refractivity (Wildman–Crippen MR) is 196 cm³/mol. The van der Waals surface area contributed by atoms with Crippen LogP contribution in [0.25, 0.3) is 11.1 Å². The Morgan fingerprint density at radius 2 is 1.33 bits per heavy atom. The molecule has 3 atom stereocenters. The lowest BCUT2D eigenvalue weighted by atomic mass is 9.71. The van der Waals surface area contributed by atoms with Gasteiger partial charge in [-0.15, -0.1) is 0 Å². The topological polar surface area (TPSA) is 117 Å². The summed E-state index contributed by atoms with van der Waals surface area (Å²) in [5.74, 6) is -1.58. The Morgan fingerprint density at radius 3 is 1.94 bits per heavy atom. The number of benzene rings is 4. The highest BCUT2D eigenvalue weighted by Gasteiger charge is 2.59. The normalized spacial score (nSPS) is 18.2. The molecule has 10 heteroatoms. The molecule has 4 aromatic carbocycles. The van der Waals surface area contributed by atoms with Gasteiger partial charge in [-0.3, -0.25) is 14.4 Å². The van der Waals surface area contributed by atoms with Gasteiger partial charge in [0.15, 0.2) is 0 Å². The van der Waals surface area contributed by atoms with E-state index in [1.54, 1.807) is 16.7 Å². The van der Waals surface area contributed by atoms with Crippen molar-refractivity contribution in [3.63, 3.8) is 0 Å². The Morgan fingerprint density at radius 1 is 0.769 bits per heavy atom. The molecule has 2 N–H and O–H groups in total. The van der Waals surface area contributed by atoms with Gasteiger partial charge in [-0.2, -0.15) is 0 Å². The molecule has 0 saturated carbocycles. The maximum absolute atomic E-state index is 14.2. The van der Waals surface area contributed by atoms with Crippen molar-refractivity contribution in [3.8, 4) is 11.1 Å². The Bertz CT molecular complexity index is 1880. The molecule has 0 radical (unpaired) electrons. The van der Waals surface area contributed by atoms with Gasteiger partial charge in [-0.05, 0) is 40.3 Å². The number of rotatable bonds is 11. The highest BCUT2D eigenvalue weighted by Crippen LogP contribution is 2.46. The largest absolute Gasteiger partial charge is 0.448 e. The summed E-state index contributed by atoms with van der Waals surface area (Å²) in [5.41, 5.74) is 5.66. The second-order valence-corrected chi connectivity index (χ2v) is 14.1. The monoisotopic (exact) mass is 700 g/mol. The minimum atomic E-state index is -0.974. The number of nitrogens with one attached hydrogen (secondary N) is 2. The van der Waals surface area contributed by atoms with E-state index < -0.39 is 29.6 Å². The van der Waals surface area contributed by atoms with Gasteiger partial charge in [0.2, 0.25) is 17.7 Å². The van der Waals surface area contributed by atoms with Crippen molar-refractivity contribution in [1.82, 2.24) is 20.4 Å². The lowest BCUT2D eigenvalue weighted by molar-refractivity contribution is -0.150. The van der Waals surface area contributed by atoms with Crippen LogP contribution >= 0.6 is 0 Å². The molecule has 0 bridgehead atoms. The maximum Gasteiger partial charge on any atom is 0.409 e. The zero-order chi connectivity index (χ0) is 36.2. The van der Waals surface area contributed by atoms with Gasteiger partial charge in [-0.25, -0.2) is 4.79 Å². The number of fused-ring (bicyclic) bond motifs is 3. The van der Waals surface area contributed by atoms with E-state index in [4.69, 9.17) is 9.47 Å². The van der Waals surface area contributed by atoms with Gasteiger partial charge in [0.25, 0.3) is 0 Å². The van der Waals surface area contributed by atoms with Crippen molar-refractivity contribution in [2.45, 2.75) is 38.0 Å². The number of carbonyl (C=O) groups is 4. The van der Waals surface area contributed by atoms with Crippen molar-refractivity contribution in [1.29, 1.82) is 0 Å². The van der Waals surface area contributed by atoms with Gasteiger partial charge in [0.1, 0.15) is 12.6 Å². The summed E-state index contributed by atoms with van der Waals surface area (Å²) in [6.07, 6.45) is -0.906. The molecule has 2 aliphatic heterocycles. The number of likely N-dealkylation sites (N-methyl/N-ethyl adjacent to an activating group) is 1. The smallest absolute Gasteiger partial charge is 0.409 e. The number of hydrogen-bond acceptors (Lipinski definition) is 6. The fourth-order valence-corrected chi connectivity index (χ4v) is 7.95. The predicted octanol–water partition coefficient (Wildman–Crippen LogP) is 4.77. The van der Waals surface area contributed by atoms with Crippen molar-refractivity contribution < 1.29 is 28.7 Å². The average molecular weight is 701 g/mol. The first-order valence-corrected chi connectivity index (χ1v) is 17.9. The second-order valence-electron chi connectivity index (χ2n) is 14.1. The molecule has 52 heavy (non-hydrogen) atoms. The number of likely N-dealkylation sites (tertiary alicyclic amines) is 2. The standard InChI is InChI=1S/C42H44N4O6/c1-28(51-23-30-15-7-4-8-16-30)38(40(49)43-2)44-39(48)36-22-45(25-42(36)26-46(27-42)37(47)21-29-13-5-3-6-14-29)41(50)52-24-35-33-19-11-9-17-31(33)32-18-10-12-20-34(32)35/h3-20,28,35-36,38H,21-27H2,1-2H3,(H,43,49)(H,44,48)/t28-,36+,38+/m1/s1. The third-order valence-corrected chi connectivity index (χ3v) is 10.8. The number of nitrogens with zero attached hydrogens (tertiary/aromatic N) is 2. The molecule has 2 fully saturated rings. The second kappa shape index (κ2) is 15.0. The lowest BCUT2D eigenvalue weighted by Crippen LogP contribution is -2.65. The van der Waals surface area contributed by atoms with Gasteiger partial charge < -0.3 is 29.9 Å². The molecule has 268 valence electrons. The van der Waals surface area contributed by atoms with Crippen LogP contribution in [-0.2, 0) is 36.9 Å². The van der Waals surface area contributed by atoms with Crippen molar-refractivity contribution in [2.24, 2.45) is 11.3 Å². The molecule has 3 aliphatic rings. The van der Waals surface area contributed by atoms with E-state index in [0.717, 1.165) is 33.4 Å². The molecule has 4 amide bonds. The number of amides is 4. The molecule has 1 spiro atoms. The molecule has 2 saturated heterocycles. The van der Waals surface area contributed by atoms with Crippen LogP contribution in [0.3, 0.4) is 0 Å². The van der Waals surface area contributed by atoms with E-state index in [-0.39, 0.29) is 56.4 Å². The van der Waals surface area contributed by atoms with E-state index in [0.29, 0.717) is 13.1 Å². The number of carbonyl (C=O) groups excluding carboxylic acids is 4. The van der Waals surface area contributed by atoms with Gasteiger partial charge in [-0.1, -0.05) is 109 Å². The van der Waals surface area contributed by atoms with Gasteiger partial charge >= 0.3 is 6.09 Å². The third kappa shape index (κ3) is 7.03. The van der Waals surface area contributed by atoms with Crippen molar-refractivity contribution in [3.05, 3.63) is 131 Å². The highest BCUT2D eigenvalue weighted by molar-refractivity contribution is 5.90. The Balaban J connectivity index is 1.06. The number of hydrogen-bond donors (Lipinski definition) is 2. The Labute approximate surface area is 304 Å². The zero-order valence-electron chi connectivity index (χ0n) is 29.5. The van der Waals surface area contributed by atoms with Gasteiger partial charge in [0.05, 0.1) is 25.0 Å². The maximum atomic E-state index is 14.2. The van der Waals surface area contributed by atoms with E-state index in [9.17, 15) is 19.2 Å². The molecule has 4 aromatic rings. The molecular weight excluding hydrogens is 656 g/mol. The molecule has 0 aromatic heterocycles. The summed E-state index contributed by atoms with van der Waals surface area (Å²) in [6, 6.07) is 34.5. The average Bonchev–Trinajstić information content (AvgIpc) is 3.72. The molecule has 7 rings (SSSR count). The summed E-state index contributed by atoms with van der Waals surface area (Å²) in [6.45, 7) is 3.16. The molecule has 1 aliphatic carbocycles. The quantitative estimate of drug-likeness (QED) is 0.233. The minimum absolute atomic E-state index is 0.0401. The summed E-state index contributed by atoms with van der Waals surface area (Å²) in [5, 5.41) is 5.60. The molecule has 0 unspecified atom stereocenters. The van der Waals surface area contributed by atoms with E-state index in [1.807, 2.05) is 84.9 Å². The van der Waals surface area contributed by atoms with Crippen molar-refractivity contribution in [2.75, 3.05) is 39.8 Å². The zero-order valence-corrected chi connectivity index (χ0v) is 29.5. The number of ether oxygens (including phenoxy) is 2. The third-order valence-electron chi connectivity index (χ3n) is 10.8. The fourth-order valence-electron chi connectivity index (χ4n) is 7.95. The van der Waals surface area contributed by atoms with Crippen LogP contribution in [0.15, 0.2) is 109 Å². The summed E-state index contributed by atoms with van der Waals surface area (Å²) in [7, 11) is 1.52. The Kier molecular flexibility index (Phi) is 10.1. The van der Waals surface area contributed by atoms with E-state index in [1.165, 1.54) is 7.05 Å². The first-order valence-electron chi connectivity index (χ1n) is 17.9. The van der Waals surface area contributed by atoms with E-state index in [2.05, 4.69) is 34.9 Å². The summed E-state index contributed by atoms with van der Waals surface area (Å²) >= 11 is 0. The van der Waals surface area contributed by atoms with Crippen LogP contribution in [0.4, 0.5) is 4.79 Å².